The van der Waals surface area contributed by atoms with Crippen molar-refractivity contribution in [3.8, 4) is 0 Å². The quantitative estimate of drug-likeness (QED) is 0.545. The van der Waals surface area contributed by atoms with Crippen LogP contribution in [0.15, 0.2) is 53.4 Å². The molecular formula is C22H28N3OS2+. The SMILES string of the molecule is CCc1cccc2sc(N(CCC[NH+](C)C)C(=O)CSc3ccccc3)nc12. The van der Waals surface area contributed by atoms with Gasteiger partial charge in [0.1, 0.15) is 0 Å². The number of amides is 1. The summed E-state index contributed by atoms with van der Waals surface area (Å²) in [5.41, 5.74) is 2.28. The maximum absolute atomic E-state index is 13.1. The topological polar surface area (TPSA) is 37.6 Å². The van der Waals surface area contributed by atoms with Gasteiger partial charge in [-0.3, -0.25) is 9.69 Å². The minimum Gasteiger partial charge on any atom is -0.340 e. The lowest BCUT2D eigenvalue weighted by Crippen LogP contribution is -3.05. The number of benzene rings is 2. The van der Waals surface area contributed by atoms with Crippen LogP contribution in [0, 0.1) is 0 Å². The predicted octanol–water partition coefficient (Wildman–Crippen LogP) is 3.52. The smallest absolute Gasteiger partial charge is 0.239 e. The summed E-state index contributed by atoms with van der Waals surface area (Å²) in [5, 5.41) is 0.823. The molecule has 1 amide bonds. The minimum absolute atomic E-state index is 0.125. The van der Waals surface area contributed by atoms with Gasteiger partial charge in [0, 0.05) is 17.9 Å². The molecule has 0 bridgehead atoms. The Hall–Kier alpha value is -1.89. The number of aromatic nitrogens is 1. The van der Waals surface area contributed by atoms with Gasteiger partial charge in [-0.05, 0) is 30.2 Å². The number of carbonyl (C=O) groups excluding carboxylic acids is 1. The van der Waals surface area contributed by atoms with Gasteiger partial charge in [-0.15, -0.1) is 11.8 Å². The maximum atomic E-state index is 13.1. The number of thiazole rings is 1. The molecule has 0 aliphatic rings. The van der Waals surface area contributed by atoms with Gasteiger partial charge in [-0.25, -0.2) is 4.98 Å². The highest BCUT2D eigenvalue weighted by Gasteiger charge is 2.20. The Labute approximate surface area is 175 Å². The predicted molar refractivity (Wildman–Crippen MR) is 121 cm³/mol. The summed E-state index contributed by atoms with van der Waals surface area (Å²) in [4.78, 5) is 22.4. The highest BCUT2D eigenvalue weighted by Crippen LogP contribution is 2.32. The summed E-state index contributed by atoms with van der Waals surface area (Å²) in [7, 11) is 4.28. The molecule has 1 heterocycles. The van der Waals surface area contributed by atoms with Crippen LogP contribution in [0.1, 0.15) is 18.9 Å². The van der Waals surface area contributed by atoms with Crippen LogP contribution < -0.4 is 9.80 Å². The van der Waals surface area contributed by atoms with Gasteiger partial charge in [-0.1, -0.05) is 48.6 Å². The molecule has 0 saturated heterocycles. The monoisotopic (exact) mass is 414 g/mol. The standard InChI is InChI=1S/C22H27N3OS2/c1-4-17-10-8-13-19-21(17)23-22(28-19)25(15-9-14-24(2)3)20(26)16-27-18-11-6-5-7-12-18/h5-8,10-13H,4,9,14-16H2,1-3H3/p+1. The molecule has 6 heteroatoms. The Morgan fingerprint density at radius 1 is 1.14 bits per heavy atom. The molecule has 0 saturated carbocycles. The fourth-order valence-electron chi connectivity index (χ4n) is 3.05. The van der Waals surface area contributed by atoms with E-state index in [0.29, 0.717) is 12.3 Å². The second kappa shape index (κ2) is 10.0. The van der Waals surface area contributed by atoms with Crippen molar-refractivity contribution >= 4 is 44.4 Å². The largest absolute Gasteiger partial charge is 0.340 e. The first-order chi connectivity index (χ1) is 13.6. The van der Waals surface area contributed by atoms with E-state index in [9.17, 15) is 4.79 Å². The highest BCUT2D eigenvalue weighted by atomic mass is 32.2. The molecule has 0 radical (unpaired) electrons. The zero-order chi connectivity index (χ0) is 19.9. The van der Waals surface area contributed by atoms with Crippen LogP contribution in [-0.4, -0.2) is 43.8 Å². The molecule has 1 aromatic heterocycles. The van der Waals surface area contributed by atoms with E-state index >= 15 is 0 Å². The summed E-state index contributed by atoms with van der Waals surface area (Å²) >= 11 is 3.21. The Kier molecular flexibility index (Phi) is 7.48. The van der Waals surface area contributed by atoms with Crippen LogP contribution in [0.2, 0.25) is 0 Å². The number of hydrogen-bond donors (Lipinski definition) is 1. The van der Waals surface area contributed by atoms with Gasteiger partial charge in [0.05, 0.1) is 36.6 Å². The van der Waals surface area contributed by atoms with Crippen molar-refractivity contribution in [3.63, 3.8) is 0 Å². The van der Waals surface area contributed by atoms with E-state index in [1.54, 1.807) is 23.1 Å². The lowest BCUT2D eigenvalue weighted by atomic mass is 10.1. The molecule has 0 aliphatic carbocycles. The van der Waals surface area contributed by atoms with Crippen LogP contribution in [0.5, 0.6) is 0 Å². The molecule has 148 valence electrons. The Morgan fingerprint density at radius 2 is 1.93 bits per heavy atom. The summed E-state index contributed by atoms with van der Waals surface area (Å²) in [6.07, 6.45) is 1.91. The number of rotatable bonds is 9. The van der Waals surface area contributed by atoms with Crippen molar-refractivity contribution in [2.24, 2.45) is 0 Å². The lowest BCUT2D eigenvalue weighted by Gasteiger charge is -2.20. The first-order valence-corrected chi connectivity index (χ1v) is 11.5. The minimum atomic E-state index is 0.125. The fraction of sp³-hybridized carbons (Fsp3) is 0.364. The van der Waals surface area contributed by atoms with Gasteiger partial charge in [0.25, 0.3) is 0 Å². The Balaban J connectivity index is 1.80. The average Bonchev–Trinajstić information content (AvgIpc) is 3.14. The summed E-state index contributed by atoms with van der Waals surface area (Å²) in [5.74, 6) is 0.551. The van der Waals surface area contributed by atoms with Gasteiger partial charge in [0.15, 0.2) is 5.13 Å². The molecule has 3 rings (SSSR count). The molecule has 0 spiro atoms. The van der Waals surface area contributed by atoms with E-state index in [2.05, 4.69) is 39.2 Å². The van der Waals surface area contributed by atoms with E-state index in [0.717, 1.165) is 39.6 Å². The van der Waals surface area contributed by atoms with E-state index < -0.39 is 0 Å². The molecule has 1 N–H and O–H groups in total. The summed E-state index contributed by atoms with van der Waals surface area (Å²) in [6, 6.07) is 16.4. The van der Waals surface area contributed by atoms with Crippen molar-refractivity contribution < 1.29 is 9.69 Å². The first kappa shape index (κ1) is 20.8. The highest BCUT2D eigenvalue weighted by molar-refractivity contribution is 8.00. The number of aryl methyl sites for hydroxylation is 1. The number of carbonyl (C=O) groups is 1. The Morgan fingerprint density at radius 3 is 2.64 bits per heavy atom. The number of nitrogens with zero attached hydrogens (tertiary/aromatic N) is 2. The molecule has 2 aromatic carbocycles. The van der Waals surface area contributed by atoms with Crippen LogP contribution in [-0.2, 0) is 11.2 Å². The van der Waals surface area contributed by atoms with Crippen molar-refractivity contribution in [3.05, 3.63) is 54.1 Å². The number of hydrogen-bond acceptors (Lipinski definition) is 4. The van der Waals surface area contributed by atoms with Crippen molar-refractivity contribution in [2.75, 3.05) is 37.8 Å². The zero-order valence-corrected chi connectivity index (χ0v) is 18.4. The van der Waals surface area contributed by atoms with Gasteiger partial charge in [-0.2, -0.15) is 0 Å². The molecule has 0 aliphatic heterocycles. The van der Waals surface area contributed by atoms with E-state index in [1.807, 2.05) is 35.2 Å². The molecule has 3 aromatic rings. The summed E-state index contributed by atoms with van der Waals surface area (Å²) in [6.45, 7) is 3.88. The number of thioether (sulfide) groups is 1. The second-order valence-electron chi connectivity index (χ2n) is 7.07. The maximum Gasteiger partial charge on any atom is 0.239 e. The molecule has 0 atom stereocenters. The Bertz CT molecular complexity index is 909. The average molecular weight is 415 g/mol. The summed E-state index contributed by atoms with van der Waals surface area (Å²) < 4.78 is 1.15. The van der Waals surface area contributed by atoms with Crippen molar-refractivity contribution in [1.82, 2.24) is 4.98 Å². The molecule has 0 fully saturated rings. The van der Waals surface area contributed by atoms with Gasteiger partial charge < -0.3 is 4.90 Å². The van der Waals surface area contributed by atoms with Crippen LogP contribution in [0.25, 0.3) is 10.2 Å². The van der Waals surface area contributed by atoms with Gasteiger partial charge >= 0.3 is 0 Å². The second-order valence-corrected chi connectivity index (χ2v) is 9.13. The van der Waals surface area contributed by atoms with Crippen molar-refractivity contribution in [1.29, 1.82) is 0 Å². The van der Waals surface area contributed by atoms with Gasteiger partial charge in [0.2, 0.25) is 5.91 Å². The molecule has 0 unspecified atom stereocenters. The van der Waals surface area contributed by atoms with Crippen LogP contribution in [0.3, 0.4) is 0 Å². The zero-order valence-electron chi connectivity index (χ0n) is 16.8. The van der Waals surface area contributed by atoms with E-state index in [4.69, 9.17) is 4.98 Å². The number of para-hydroxylation sites is 1. The third-order valence-electron chi connectivity index (χ3n) is 4.57. The lowest BCUT2D eigenvalue weighted by molar-refractivity contribution is -0.858. The van der Waals surface area contributed by atoms with E-state index in [1.165, 1.54) is 10.5 Å². The number of quaternary nitrogens is 1. The first-order valence-electron chi connectivity index (χ1n) is 9.74. The fourth-order valence-corrected chi connectivity index (χ4v) is 4.90. The molecule has 4 nitrogen and oxygen atoms in total. The normalized spacial score (nSPS) is 11.3. The van der Waals surface area contributed by atoms with Crippen molar-refractivity contribution in [2.45, 2.75) is 24.7 Å². The number of anilines is 1. The third-order valence-corrected chi connectivity index (χ3v) is 6.61. The van der Waals surface area contributed by atoms with E-state index in [-0.39, 0.29) is 5.91 Å². The van der Waals surface area contributed by atoms with Crippen LogP contribution in [0.4, 0.5) is 5.13 Å². The number of fused-ring (bicyclic) bond motifs is 1. The van der Waals surface area contributed by atoms with Crippen LogP contribution >= 0.6 is 23.1 Å². The number of nitrogens with one attached hydrogen (secondary N) is 1. The molecular weight excluding hydrogens is 386 g/mol. The third kappa shape index (κ3) is 5.34. The molecule has 28 heavy (non-hydrogen) atoms.